The van der Waals surface area contributed by atoms with Gasteiger partial charge in [-0.25, -0.2) is 9.67 Å². The predicted octanol–water partition coefficient (Wildman–Crippen LogP) is 2.31. The lowest BCUT2D eigenvalue weighted by Crippen LogP contribution is -3.12. The monoisotopic (exact) mass is 395 g/mol. The number of quaternary nitrogens is 1. The van der Waals surface area contributed by atoms with E-state index in [1.807, 2.05) is 37.3 Å². The van der Waals surface area contributed by atoms with Crippen molar-refractivity contribution in [2.24, 2.45) is 4.99 Å². The van der Waals surface area contributed by atoms with E-state index in [1.54, 1.807) is 16.2 Å². The summed E-state index contributed by atoms with van der Waals surface area (Å²) < 4.78 is 7.91. The number of aromatic nitrogens is 1. The summed E-state index contributed by atoms with van der Waals surface area (Å²) in [6, 6.07) is 18.5. The SMILES string of the molecule is CCOc1ccc(-c2csc(=Nc3ccccc3)n2N2CC[NH+](C)CC2)cc1. The number of hydrogen-bond acceptors (Lipinski definition) is 4. The molecule has 0 amide bonds. The standard InChI is InChI=1S/C22H26N4OS/c1-3-27-20-11-9-18(10-12-20)21-17-28-22(23-19-7-5-4-6-8-19)26(21)25-15-13-24(2)14-16-25/h4-12,17H,3,13-16H2,1-2H3/p+1. The fraction of sp³-hybridized carbons (Fsp3) is 0.318. The van der Waals surface area contributed by atoms with Gasteiger partial charge in [0.1, 0.15) is 5.75 Å². The second kappa shape index (κ2) is 8.63. The highest BCUT2D eigenvalue weighted by Crippen LogP contribution is 2.24. The van der Waals surface area contributed by atoms with Crippen LogP contribution in [0, 0.1) is 0 Å². The third-order valence-electron chi connectivity index (χ3n) is 5.00. The number of hydrogen-bond donors (Lipinski definition) is 1. The second-order valence-electron chi connectivity index (χ2n) is 7.03. The number of ether oxygens (including phenoxy) is 1. The number of thiazole rings is 1. The minimum atomic E-state index is 0.682. The fourth-order valence-corrected chi connectivity index (χ4v) is 4.35. The average molecular weight is 396 g/mol. The molecule has 28 heavy (non-hydrogen) atoms. The van der Waals surface area contributed by atoms with Crippen LogP contribution < -0.4 is 19.4 Å². The van der Waals surface area contributed by atoms with Gasteiger partial charge in [-0.3, -0.25) is 5.01 Å². The molecule has 5 nitrogen and oxygen atoms in total. The molecular weight excluding hydrogens is 368 g/mol. The van der Waals surface area contributed by atoms with Crippen molar-refractivity contribution in [1.29, 1.82) is 0 Å². The van der Waals surface area contributed by atoms with E-state index in [0.717, 1.165) is 42.4 Å². The van der Waals surface area contributed by atoms with Gasteiger partial charge in [0, 0.05) is 10.9 Å². The zero-order valence-electron chi connectivity index (χ0n) is 16.5. The van der Waals surface area contributed by atoms with E-state index in [4.69, 9.17) is 9.73 Å². The smallest absolute Gasteiger partial charge is 0.209 e. The molecule has 0 unspecified atom stereocenters. The van der Waals surface area contributed by atoms with Gasteiger partial charge in [0.15, 0.2) is 0 Å². The highest BCUT2D eigenvalue weighted by Gasteiger charge is 2.21. The van der Waals surface area contributed by atoms with Crippen LogP contribution in [0.5, 0.6) is 5.75 Å². The molecule has 0 bridgehead atoms. The second-order valence-corrected chi connectivity index (χ2v) is 7.87. The molecule has 1 N–H and O–H groups in total. The van der Waals surface area contributed by atoms with E-state index < -0.39 is 0 Å². The molecule has 6 heteroatoms. The first-order chi connectivity index (χ1) is 13.7. The molecule has 0 saturated carbocycles. The zero-order chi connectivity index (χ0) is 19.3. The van der Waals surface area contributed by atoms with Crippen LogP contribution in [0.15, 0.2) is 65.0 Å². The Morgan fingerprint density at radius 1 is 1.04 bits per heavy atom. The van der Waals surface area contributed by atoms with Crippen LogP contribution in [0.25, 0.3) is 11.3 Å². The first kappa shape index (κ1) is 18.8. The van der Waals surface area contributed by atoms with Crippen LogP contribution >= 0.6 is 11.3 Å². The number of rotatable bonds is 5. The lowest BCUT2D eigenvalue weighted by atomic mass is 10.1. The molecule has 146 valence electrons. The molecular formula is C22H27N4OS+. The van der Waals surface area contributed by atoms with Gasteiger partial charge < -0.3 is 9.64 Å². The summed E-state index contributed by atoms with van der Waals surface area (Å²) in [5.74, 6) is 0.908. The first-order valence-corrected chi connectivity index (χ1v) is 10.7. The quantitative estimate of drug-likeness (QED) is 0.719. The first-order valence-electron chi connectivity index (χ1n) is 9.84. The molecule has 0 radical (unpaired) electrons. The summed E-state index contributed by atoms with van der Waals surface area (Å²) in [5.41, 5.74) is 3.35. The number of benzene rings is 2. The lowest BCUT2D eigenvalue weighted by molar-refractivity contribution is -0.880. The highest BCUT2D eigenvalue weighted by molar-refractivity contribution is 7.07. The molecule has 1 aromatic heterocycles. The Bertz CT molecular complexity index is 954. The van der Waals surface area contributed by atoms with Crippen molar-refractivity contribution in [3.63, 3.8) is 0 Å². The maximum Gasteiger partial charge on any atom is 0.209 e. The van der Waals surface area contributed by atoms with Crippen molar-refractivity contribution >= 4 is 17.0 Å². The Morgan fingerprint density at radius 2 is 1.75 bits per heavy atom. The molecule has 2 aromatic carbocycles. The largest absolute Gasteiger partial charge is 0.494 e. The van der Waals surface area contributed by atoms with E-state index in [1.165, 1.54) is 11.3 Å². The van der Waals surface area contributed by atoms with Crippen LogP contribution in [-0.4, -0.2) is 44.5 Å². The van der Waals surface area contributed by atoms with Crippen molar-refractivity contribution < 1.29 is 9.64 Å². The van der Waals surface area contributed by atoms with Crippen molar-refractivity contribution in [3.8, 4) is 17.0 Å². The third-order valence-corrected chi connectivity index (χ3v) is 5.82. The van der Waals surface area contributed by atoms with Gasteiger partial charge in [0.25, 0.3) is 0 Å². The van der Waals surface area contributed by atoms with Crippen molar-refractivity contribution in [2.75, 3.05) is 44.8 Å². The summed E-state index contributed by atoms with van der Waals surface area (Å²) >= 11 is 1.69. The van der Waals surface area contributed by atoms with E-state index >= 15 is 0 Å². The Labute approximate surface area is 170 Å². The third kappa shape index (κ3) is 4.13. The fourth-order valence-electron chi connectivity index (χ4n) is 3.43. The summed E-state index contributed by atoms with van der Waals surface area (Å²) in [5, 5.41) is 4.64. The van der Waals surface area contributed by atoms with Gasteiger partial charge in [-0.1, -0.05) is 18.2 Å². The predicted molar refractivity (Wildman–Crippen MR) is 115 cm³/mol. The Morgan fingerprint density at radius 3 is 2.43 bits per heavy atom. The Hall–Kier alpha value is -2.57. The lowest BCUT2D eigenvalue weighted by Gasteiger charge is -2.33. The summed E-state index contributed by atoms with van der Waals surface area (Å²) in [7, 11) is 2.26. The van der Waals surface area contributed by atoms with Gasteiger partial charge >= 0.3 is 0 Å². The molecule has 0 aliphatic carbocycles. The van der Waals surface area contributed by atoms with Crippen LogP contribution in [0.2, 0.25) is 0 Å². The molecule has 2 heterocycles. The zero-order valence-corrected chi connectivity index (χ0v) is 17.3. The van der Waals surface area contributed by atoms with Crippen molar-refractivity contribution in [2.45, 2.75) is 6.92 Å². The number of piperazine rings is 1. The number of nitrogens with one attached hydrogen (secondary N) is 1. The maximum atomic E-state index is 5.60. The van der Waals surface area contributed by atoms with Crippen molar-refractivity contribution in [3.05, 3.63) is 64.8 Å². The molecule has 0 spiro atoms. The summed E-state index contributed by atoms with van der Waals surface area (Å²) in [4.78, 5) is 7.53. The van der Waals surface area contributed by atoms with Crippen LogP contribution in [0.1, 0.15) is 6.92 Å². The van der Waals surface area contributed by atoms with Gasteiger partial charge in [-0.2, -0.15) is 0 Å². The summed E-state index contributed by atoms with van der Waals surface area (Å²) in [6.45, 7) is 7.00. The summed E-state index contributed by atoms with van der Waals surface area (Å²) in [6.07, 6.45) is 0. The molecule has 3 aromatic rings. The van der Waals surface area contributed by atoms with E-state index in [2.05, 4.69) is 46.4 Å². The Kier molecular flexibility index (Phi) is 5.78. The normalized spacial score (nSPS) is 15.8. The van der Waals surface area contributed by atoms with Crippen LogP contribution in [-0.2, 0) is 0 Å². The van der Waals surface area contributed by atoms with E-state index in [-0.39, 0.29) is 0 Å². The van der Waals surface area contributed by atoms with Gasteiger partial charge in [0.2, 0.25) is 4.80 Å². The van der Waals surface area contributed by atoms with Crippen LogP contribution in [0.4, 0.5) is 5.69 Å². The van der Waals surface area contributed by atoms with Crippen LogP contribution in [0.3, 0.4) is 0 Å². The number of likely N-dealkylation sites (N-methyl/N-ethyl adjacent to an activating group) is 1. The Balaban J connectivity index is 1.77. The van der Waals surface area contributed by atoms with Gasteiger partial charge in [0.05, 0.1) is 51.2 Å². The van der Waals surface area contributed by atoms with E-state index in [9.17, 15) is 0 Å². The molecule has 1 saturated heterocycles. The topological polar surface area (TPSA) is 34.2 Å². The van der Waals surface area contributed by atoms with Crippen molar-refractivity contribution in [1.82, 2.24) is 4.68 Å². The van der Waals surface area contributed by atoms with Gasteiger partial charge in [-0.05, 0) is 43.3 Å². The average Bonchev–Trinajstić information content (AvgIpc) is 3.14. The molecule has 1 aliphatic rings. The number of para-hydroxylation sites is 1. The van der Waals surface area contributed by atoms with E-state index in [0.29, 0.717) is 6.61 Å². The molecule has 0 atom stereocenters. The van der Waals surface area contributed by atoms with Gasteiger partial charge in [-0.15, -0.1) is 11.3 Å². The molecule has 1 aliphatic heterocycles. The maximum absolute atomic E-state index is 5.60. The molecule has 1 fully saturated rings. The minimum Gasteiger partial charge on any atom is -0.494 e. The highest BCUT2D eigenvalue weighted by atomic mass is 32.1. The molecule has 4 rings (SSSR count). The minimum absolute atomic E-state index is 0.682. The number of nitrogens with zero attached hydrogens (tertiary/aromatic N) is 3.